The fourth-order valence-electron chi connectivity index (χ4n) is 1.99. The zero-order chi connectivity index (χ0) is 15.8. The summed E-state index contributed by atoms with van der Waals surface area (Å²) in [4.78, 5) is 12.1. The van der Waals surface area contributed by atoms with E-state index in [0.717, 1.165) is 11.3 Å². The molecule has 22 heavy (non-hydrogen) atoms. The monoisotopic (exact) mass is 298 g/mol. The van der Waals surface area contributed by atoms with E-state index < -0.39 is 0 Å². The first kappa shape index (κ1) is 15.6. The highest BCUT2D eigenvalue weighted by molar-refractivity contribution is 5.27. The van der Waals surface area contributed by atoms with E-state index in [1.807, 2.05) is 37.3 Å². The molecule has 0 bridgehead atoms. The molecule has 0 amide bonds. The van der Waals surface area contributed by atoms with Gasteiger partial charge >= 0.3 is 0 Å². The van der Waals surface area contributed by atoms with Gasteiger partial charge in [-0.25, -0.2) is 0 Å². The van der Waals surface area contributed by atoms with Crippen LogP contribution in [0.5, 0.6) is 11.5 Å². The van der Waals surface area contributed by atoms with Gasteiger partial charge in [-0.15, -0.1) is 0 Å². The SMILES string of the molecule is Cc1cccc(OCCOc2cccn(CCC#N)c2=O)c1. The van der Waals surface area contributed by atoms with Crippen molar-refractivity contribution in [3.8, 4) is 17.6 Å². The lowest BCUT2D eigenvalue weighted by Crippen LogP contribution is -2.22. The van der Waals surface area contributed by atoms with Crippen LogP contribution in [0.4, 0.5) is 0 Å². The smallest absolute Gasteiger partial charge is 0.292 e. The molecule has 0 atom stereocenters. The van der Waals surface area contributed by atoms with Gasteiger partial charge in [-0.05, 0) is 36.8 Å². The first-order valence-corrected chi connectivity index (χ1v) is 7.09. The van der Waals surface area contributed by atoms with E-state index in [0.29, 0.717) is 19.6 Å². The van der Waals surface area contributed by atoms with Gasteiger partial charge in [0.1, 0.15) is 19.0 Å². The molecule has 0 unspecified atom stereocenters. The summed E-state index contributed by atoms with van der Waals surface area (Å²) in [5.74, 6) is 1.05. The van der Waals surface area contributed by atoms with Crippen LogP contribution in [0, 0.1) is 18.3 Å². The molecule has 0 fully saturated rings. The summed E-state index contributed by atoms with van der Waals surface area (Å²) in [7, 11) is 0. The Balaban J connectivity index is 1.87. The first-order valence-electron chi connectivity index (χ1n) is 7.09. The Morgan fingerprint density at radius 2 is 2.00 bits per heavy atom. The highest BCUT2D eigenvalue weighted by atomic mass is 16.5. The van der Waals surface area contributed by atoms with Crippen molar-refractivity contribution in [2.75, 3.05) is 13.2 Å². The Morgan fingerprint density at radius 1 is 1.18 bits per heavy atom. The third-order valence-corrected chi connectivity index (χ3v) is 3.05. The number of hydrogen-bond acceptors (Lipinski definition) is 4. The lowest BCUT2D eigenvalue weighted by molar-refractivity contribution is 0.214. The molecule has 0 saturated carbocycles. The van der Waals surface area contributed by atoms with Crippen molar-refractivity contribution in [1.82, 2.24) is 4.57 Å². The van der Waals surface area contributed by atoms with Crippen LogP contribution in [0.3, 0.4) is 0 Å². The third kappa shape index (κ3) is 4.38. The Hall–Kier alpha value is -2.74. The van der Waals surface area contributed by atoms with Crippen LogP contribution in [0.1, 0.15) is 12.0 Å². The molecule has 0 spiro atoms. The van der Waals surface area contributed by atoms with Crippen molar-refractivity contribution in [1.29, 1.82) is 5.26 Å². The van der Waals surface area contributed by atoms with Crippen LogP contribution in [-0.2, 0) is 6.54 Å². The first-order chi connectivity index (χ1) is 10.7. The van der Waals surface area contributed by atoms with E-state index >= 15 is 0 Å². The van der Waals surface area contributed by atoms with Crippen LogP contribution in [0.25, 0.3) is 0 Å². The molecule has 0 aliphatic heterocycles. The van der Waals surface area contributed by atoms with Gasteiger partial charge in [0.15, 0.2) is 5.75 Å². The van der Waals surface area contributed by atoms with Gasteiger partial charge in [0.05, 0.1) is 12.5 Å². The molecule has 2 rings (SSSR count). The predicted octanol–water partition coefficient (Wildman–Crippen LogP) is 2.53. The lowest BCUT2D eigenvalue weighted by Gasteiger charge is -2.10. The largest absolute Gasteiger partial charge is 0.490 e. The molecule has 114 valence electrons. The zero-order valence-corrected chi connectivity index (χ0v) is 12.5. The maximum atomic E-state index is 12.1. The van der Waals surface area contributed by atoms with Gasteiger partial charge in [-0.3, -0.25) is 4.79 Å². The van der Waals surface area contributed by atoms with Crippen LogP contribution >= 0.6 is 0 Å². The van der Waals surface area contributed by atoms with Crippen LogP contribution in [0.2, 0.25) is 0 Å². The molecule has 5 heteroatoms. The molecule has 0 radical (unpaired) electrons. The van der Waals surface area contributed by atoms with Crippen molar-refractivity contribution < 1.29 is 9.47 Å². The molecule has 0 aliphatic carbocycles. The molecule has 2 aromatic rings. The summed E-state index contributed by atoms with van der Waals surface area (Å²) in [6, 6.07) is 13.1. The van der Waals surface area contributed by atoms with Crippen LogP contribution in [0.15, 0.2) is 47.4 Å². The molecule has 0 aliphatic rings. The van der Waals surface area contributed by atoms with E-state index in [-0.39, 0.29) is 17.9 Å². The standard InChI is InChI=1S/C17H18N2O3/c1-14-5-2-6-15(13-14)21-11-12-22-16-7-3-9-19(17(16)20)10-4-8-18/h2-3,5-7,9,13H,4,10-12H2,1H3. The molecule has 1 aromatic carbocycles. The van der Waals surface area contributed by atoms with E-state index in [9.17, 15) is 4.79 Å². The third-order valence-electron chi connectivity index (χ3n) is 3.05. The van der Waals surface area contributed by atoms with Crippen LogP contribution in [-0.4, -0.2) is 17.8 Å². The molecule has 5 nitrogen and oxygen atoms in total. The second-order valence-corrected chi connectivity index (χ2v) is 4.79. The second-order valence-electron chi connectivity index (χ2n) is 4.79. The van der Waals surface area contributed by atoms with Gasteiger partial charge in [0.2, 0.25) is 0 Å². The number of nitriles is 1. The minimum absolute atomic E-state index is 0.228. The number of benzene rings is 1. The Bertz CT molecular complexity index is 716. The molecule has 1 heterocycles. The average molecular weight is 298 g/mol. The summed E-state index contributed by atoms with van der Waals surface area (Å²) in [6.45, 7) is 3.00. The summed E-state index contributed by atoms with van der Waals surface area (Å²) >= 11 is 0. The fourth-order valence-corrected chi connectivity index (χ4v) is 1.99. The van der Waals surface area contributed by atoms with Gasteiger partial charge in [0.25, 0.3) is 5.56 Å². The molecule has 0 N–H and O–H groups in total. The van der Waals surface area contributed by atoms with Crippen molar-refractivity contribution in [3.05, 3.63) is 58.5 Å². The topological polar surface area (TPSA) is 64.2 Å². The number of rotatable bonds is 7. The molecular formula is C17H18N2O3. The van der Waals surface area contributed by atoms with Crippen molar-refractivity contribution >= 4 is 0 Å². The van der Waals surface area contributed by atoms with Crippen LogP contribution < -0.4 is 15.0 Å². The summed E-state index contributed by atoms with van der Waals surface area (Å²) in [6.07, 6.45) is 1.94. The number of nitrogens with zero attached hydrogens (tertiary/aromatic N) is 2. The van der Waals surface area contributed by atoms with Crippen molar-refractivity contribution in [3.63, 3.8) is 0 Å². The van der Waals surface area contributed by atoms with E-state index in [2.05, 4.69) is 0 Å². The summed E-state index contributed by atoms with van der Waals surface area (Å²) < 4.78 is 12.5. The quantitative estimate of drug-likeness (QED) is 0.737. The van der Waals surface area contributed by atoms with Gasteiger partial charge in [-0.2, -0.15) is 5.26 Å². The van der Waals surface area contributed by atoms with Crippen molar-refractivity contribution in [2.24, 2.45) is 0 Å². The van der Waals surface area contributed by atoms with Crippen molar-refractivity contribution in [2.45, 2.75) is 19.9 Å². The Morgan fingerprint density at radius 3 is 2.77 bits per heavy atom. The number of aryl methyl sites for hydroxylation is 2. The minimum atomic E-state index is -0.228. The number of aromatic nitrogens is 1. The summed E-state index contributed by atoms with van der Waals surface area (Å²) in [5.41, 5.74) is 0.898. The highest BCUT2D eigenvalue weighted by Gasteiger charge is 2.04. The normalized spacial score (nSPS) is 10.0. The Labute approximate surface area is 129 Å². The average Bonchev–Trinajstić information content (AvgIpc) is 2.52. The molecule has 0 saturated heterocycles. The number of ether oxygens (including phenoxy) is 2. The highest BCUT2D eigenvalue weighted by Crippen LogP contribution is 2.12. The van der Waals surface area contributed by atoms with E-state index in [4.69, 9.17) is 14.7 Å². The van der Waals surface area contributed by atoms with E-state index in [1.54, 1.807) is 18.3 Å². The van der Waals surface area contributed by atoms with Gasteiger partial charge < -0.3 is 14.0 Å². The van der Waals surface area contributed by atoms with Gasteiger partial charge in [-0.1, -0.05) is 12.1 Å². The second kappa shape index (κ2) is 7.89. The number of pyridine rings is 1. The lowest BCUT2D eigenvalue weighted by atomic mass is 10.2. The van der Waals surface area contributed by atoms with E-state index in [1.165, 1.54) is 4.57 Å². The fraction of sp³-hybridized carbons (Fsp3) is 0.294. The Kier molecular flexibility index (Phi) is 5.61. The maximum absolute atomic E-state index is 12.1. The minimum Gasteiger partial charge on any atom is -0.490 e. The number of hydrogen-bond donors (Lipinski definition) is 0. The molecule has 1 aromatic heterocycles. The summed E-state index contributed by atoms with van der Waals surface area (Å²) in [5, 5.41) is 8.58. The predicted molar refractivity (Wildman–Crippen MR) is 83.1 cm³/mol. The maximum Gasteiger partial charge on any atom is 0.292 e. The molecular weight excluding hydrogens is 280 g/mol. The van der Waals surface area contributed by atoms with Gasteiger partial charge in [0, 0.05) is 12.7 Å². The zero-order valence-electron chi connectivity index (χ0n) is 12.5.